The monoisotopic (exact) mass is 455 g/mol. The third kappa shape index (κ3) is 5.99. The predicted octanol–water partition coefficient (Wildman–Crippen LogP) is 5.47. The van der Waals surface area contributed by atoms with Gasteiger partial charge in [-0.05, 0) is 62.0 Å². The Balaban J connectivity index is 1.85. The lowest BCUT2D eigenvalue weighted by molar-refractivity contribution is 0.0983. The van der Waals surface area contributed by atoms with Gasteiger partial charge < -0.3 is 14.4 Å². The predicted molar refractivity (Wildman–Crippen MR) is 132 cm³/mol. The fourth-order valence-electron chi connectivity index (χ4n) is 3.38. The van der Waals surface area contributed by atoms with Gasteiger partial charge in [-0.2, -0.15) is 0 Å². The van der Waals surface area contributed by atoms with Gasteiger partial charge in [-0.25, -0.2) is 4.98 Å². The highest BCUT2D eigenvalue weighted by Gasteiger charge is 2.22. The number of methoxy groups -OCH3 is 1. The van der Waals surface area contributed by atoms with Crippen molar-refractivity contribution in [3.05, 3.63) is 48.0 Å². The maximum absolute atomic E-state index is 13.5. The van der Waals surface area contributed by atoms with E-state index < -0.39 is 0 Å². The molecule has 172 valence electrons. The number of nitrogens with zero attached hydrogens (tertiary/aromatic N) is 3. The number of carbonyl (C=O) groups excluding carboxylic acids is 1. The summed E-state index contributed by atoms with van der Waals surface area (Å²) in [6, 6.07) is 13.2. The van der Waals surface area contributed by atoms with Gasteiger partial charge in [-0.15, -0.1) is 0 Å². The molecule has 0 unspecified atom stereocenters. The van der Waals surface area contributed by atoms with E-state index >= 15 is 0 Å². The number of rotatable bonds is 12. The summed E-state index contributed by atoms with van der Waals surface area (Å²) in [6.07, 6.45) is 2.11. The molecule has 0 atom stereocenters. The molecule has 2 aromatic carbocycles. The smallest absolute Gasteiger partial charge is 0.260 e. The molecule has 3 aromatic rings. The molecule has 32 heavy (non-hydrogen) atoms. The molecule has 7 heteroatoms. The molecule has 3 rings (SSSR count). The third-order valence-corrected chi connectivity index (χ3v) is 6.50. The Morgan fingerprint density at radius 2 is 1.72 bits per heavy atom. The normalized spacial score (nSPS) is 11.2. The van der Waals surface area contributed by atoms with E-state index in [0.29, 0.717) is 23.8 Å². The Labute approximate surface area is 194 Å². The lowest BCUT2D eigenvalue weighted by Crippen LogP contribution is -2.38. The van der Waals surface area contributed by atoms with Crippen molar-refractivity contribution in [1.29, 1.82) is 0 Å². The number of anilines is 1. The van der Waals surface area contributed by atoms with Crippen LogP contribution in [0.15, 0.2) is 42.5 Å². The van der Waals surface area contributed by atoms with E-state index in [9.17, 15) is 4.79 Å². The highest BCUT2D eigenvalue weighted by molar-refractivity contribution is 7.22. The molecule has 0 spiro atoms. The van der Waals surface area contributed by atoms with Crippen LogP contribution < -0.4 is 14.4 Å². The van der Waals surface area contributed by atoms with Crippen LogP contribution in [0.4, 0.5) is 5.13 Å². The molecule has 0 aliphatic carbocycles. The quantitative estimate of drug-likeness (QED) is 0.339. The molecular formula is C25H33N3O3S. The number of amides is 1. The highest BCUT2D eigenvalue weighted by Crippen LogP contribution is 2.32. The molecule has 1 aromatic heterocycles. The molecule has 0 bridgehead atoms. The first-order valence-corrected chi connectivity index (χ1v) is 12.1. The summed E-state index contributed by atoms with van der Waals surface area (Å²) in [5.41, 5.74) is 1.50. The van der Waals surface area contributed by atoms with E-state index in [4.69, 9.17) is 14.5 Å². The summed E-state index contributed by atoms with van der Waals surface area (Å²) in [4.78, 5) is 22.4. The van der Waals surface area contributed by atoms with E-state index in [1.807, 2.05) is 42.5 Å². The van der Waals surface area contributed by atoms with Crippen molar-refractivity contribution in [1.82, 2.24) is 9.88 Å². The van der Waals surface area contributed by atoms with Crippen LogP contribution in [-0.4, -0.2) is 55.7 Å². The fourth-order valence-corrected chi connectivity index (χ4v) is 4.40. The number of benzene rings is 2. The first-order chi connectivity index (χ1) is 15.6. The van der Waals surface area contributed by atoms with Gasteiger partial charge in [0.15, 0.2) is 5.13 Å². The zero-order chi connectivity index (χ0) is 22.9. The van der Waals surface area contributed by atoms with Crippen LogP contribution in [0.2, 0.25) is 0 Å². The van der Waals surface area contributed by atoms with Crippen molar-refractivity contribution in [2.75, 3.05) is 44.8 Å². The second kappa shape index (κ2) is 11.8. The number of aromatic nitrogens is 1. The number of ether oxygens (including phenoxy) is 2. The summed E-state index contributed by atoms with van der Waals surface area (Å²) in [7, 11) is 1.65. The van der Waals surface area contributed by atoms with Crippen molar-refractivity contribution in [3.63, 3.8) is 0 Å². The molecule has 0 saturated heterocycles. The Bertz CT molecular complexity index is 999. The SMILES string of the molecule is CCCCOc1ccc(C(=O)N(CCN(CC)CC)c2nc3ccc(OC)cc3s2)cc1. The average Bonchev–Trinajstić information content (AvgIpc) is 3.25. The number of hydrogen-bond acceptors (Lipinski definition) is 6. The van der Waals surface area contributed by atoms with Gasteiger partial charge in [0.2, 0.25) is 0 Å². The number of hydrogen-bond donors (Lipinski definition) is 0. The highest BCUT2D eigenvalue weighted by atomic mass is 32.1. The maximum Gasteiger partial charge on any atom is 0.260 e. The Hall–Kier alpha value is -2.64. The molecule has 6 nitrogen and oxygen atoms in total. The molecule has 0 aliphatic heterocycles. The topological polar surface area (TPSA) is 54.9 Å². The largest absolute Gasteiger partial charge is 0.497 e. The molecular weight excluding hydrogens is 422 g/mol. The minimum atomic E-state index is -0.0525. The number of unbranched alkanes of at least 4 members (excludes halogenated alkanes) is 1. The van der Waals surface area contributed by atoms with E-state index in [0.717, 1.165) is 54.2 Å². The van der Waals surface area contributed by atoms with Crippen molar-refractivity contribution < 1.29 is 14.3 Å². The van der Waals surface area contributed by atoms with Crippen LogP contribution >= 0.6 is 11.3 Å². The summed E-state index contributed by atoms with van der Waals surface area (Å²) >= 11 is 1.51. The van der Waals surface area contributed by atoms with Gasteiger partial charge in [-0.3, -0.25) is 9.69 Å². The van der Waals surface area contributed by atoms with Crippen LogP contribution in [0.25, 0.3) is 10.2 Å². The van der Waals surface area contributed by atoms with Crippen molar-refractivity contribution in [2.24, 2.45) is 0 Å². The van der Waals surface area contributed by atoms with Gasteiger partial charge in [0.05, 0.1) is 23.9 Å². The molecule has 0 N–H and O–H groups in total. The van der Waals surface area contributed by atoms with Gasteiger partial charge in [-0.1, -0.05) is 38.5 Å². The summed E-state index contributed by atoms with van der Waals surface area (Å²) in [6.45, 7) is 10.3. The van der Waals surface area contributed by atoms with Crippen LogP contribution in [-0.2, 0) is 0 Å². The average molecular weight is 456 g/mol. The maximum atomic E-state index is 13.5. The minimum absolute atomic E-state index is 0.0525. The second-order valence-corrected chi connectivity index (χ2v) is 8.55. The van der Waals surface area contributed by atoms with Crippen LogP contribution in [0, 0.1) is 0 Å². The van der Waals surface area contributed by atoms with E-state index in [1.54, 1.807) is 12.0 Å². The van der Waals surface area contributed by atoms with Crippen molar-refractivity contribution in [3.8, 4) is 11.5 Å². The van der Waals surface area contributed by atoms with Gasteiger partial charge in [0, 0.05) is 18.7 Å². The first kappa shape index (κ1) is 24.0. The molecule has 1 amide bonds. The van der Waals surface area contributed by atoms with E-state index in [2.05, 4.69) is 25.7 Å². The summed E-state index contributed by atoms with van der Waals surface area (Å²) < 4.78 is 12.1. The van der Waals surface area contributed by atoms with Crippen molar-refractivity contribution >= 4 is 32.6 Å². The van der Waals surface area contributed by atoms with Gasteiger partial charge in [0.1, 0.15) is 11.5 Å². The van der Waals surface area contributed by atoms with Crippen LogP contribution in [0.1, 0.15) is 44.0 Å². The molecule has 0 fully saturated rings. The second-order valence-electron chi connectivity index (χ2n) is 7.54. The number of carbonyl (C=O) groups is 1. The lowest BCUT2D eigenvalue weighted by atomic mass is 10.2. The first-order valence-electron chi connectivity index (χ1n) is 11.3. The lowest BCUT2D eigenvalue weighted by Gasteiger charge is -2.24. The molecule has 0 radical (unpaired) electrons. The summed E-state index contributed by atoms with van der Waals surface area (Å²) in [5.74, 6) is 1.52. The molecule has 0 saturated carbocycles. The summed E-state index contributed by atoms with van der Waals surface area (Å²) in [5, 5.41) is 0.702. The van der Waals surface area contributed by atoms with Crippen LogP contribution in [0.3, 0.4) is 0 Å². The third-order valence-electron chi connectivity index (χ3n) is 5.46. The Kier molecular flexibility index (Phi) is 8.88. The van der Waals surface area contributed by atoms with Crippen LogP contribution in [0.5, 0.6) is 11.5 Å². The number of likely N-dealkylation sites (N-methyl/N-ethyl adjacent to an activating group) is 1. The zero-order valence-electron chi connectivity index (χ0n) is 19.5. The minimum Gasteiger partial charge on any atom is -0.497 e. The van der Waals surface area contributed by atoms with Gasteiger partial charge in [0.25, 0.3) is 5.91 Å². The molecule has 1 heterocycles. The van der Waals surface area contributed by atoms with Crippen molar-refractivity contribution in [2.45, 2.75) is 33.6 Å². The Morgan fingerprint density at radius 3 is 2.38 bits per heavy atom. The number of thiazole rings is 1. The standard InChI is InChI=1S/C25H33N3O3S/c1-5-8-17-31-20-11-9-19(10-12-20)24(29)28(16-15-27(6-2)7-3)25-26-22-14-13-21(30-4)18-23(22)32-25/h9-14,18H,5-8,15-17H2,1-4H3. The Morgan fingerprint density at radius 1 is 1.00 bits per heavy atom. The molecule has 0 aliphatic rings. The van der Waals surface area contributed by atoms with E-state index in [1.165, 1.54) is 11.3 Å². The van der Waals surface area contributed by atoms with E-state index in [-0.39, 0.29) is 5.91 Å². The van der Waals surface area contributed by atoms with Gasteiger partial charge >= 0.3 is 0 Å². The zero-order valence-corrected chi connectivity index (χ0v) is 20.3. The fraction of sp³-hybridized carbons (Fsp3) is 0.440. The number of fused-ring (bicyclic) bond motifs is 1.